The van der Waals surface area contributed by atoms with Gasteiger partial charge in [0.2, 0.25) is 5.91 Å². The summed E-state index contributed by atoms with van der Waals surface area (Å²) in [4.78, 5) is 13.0. The number of nitrogens with one attached hydrogen (secondary N) is 1. The minimum atomic E-state index is 0.0257. The number of fused-ring (bicyclic) bond motifs is 1. The van der Waals surface area contributed by atoms with Crippen LogP contribution in [0.15, 0.2) is 60.7 Å². The van der Waals surface area contributed by atoms with Crippen molar-refractivity contribution in [2.75, 3.05) is 5.32 Å². The summed E-state index contributed by atoms with van der Waals surface area (Å²) >= 11 is 1.68. The molecule has 1 aromatic heterocycles. The van der Waals surface area contributed by atoms with Crippen LogP contribution in [0.5, 0.6) is 0 Å². The number of anilines is 1. The lowest BCUT2D eigenvalue weighted by molar-refractivity contribution is -0.115. The van der Waals surface area contributed by atoms with Crippen LogP contribution in [-0.2, 0) is 11.2 Å². The molecule has 0 saturated carbocycles. The Morgan fingerprint density at radius 2 is 1.74 bits per heavy atom. The normalized spacial score (nSPS) is 10.5. The zero-order chi connectivity index (χ0) is 13.1. The van der Waals surface area contributed by atoms with Gasteiger partial charge in [-0.3, -0.25) is 4.79 Å². The average molecular weight is 267 g/mol. The summed E-state index contributed by atoms with van der Waals surface area (Å²) in [6, 6.07) is 19.8. The van der Waals surface area contributed by atoms with Crippen molar-refractivity contribution in [2.45, 2.75) is 6.42 Å². The first-order chi connectivity index (χ1) is 9.31. The topological polar surface area (TPSA) is 29.1 Å². The highest BCUT2D eigenvalue weighted by atomic mass is 32.1. The molecule has 3 heteroatoms. The quantitative estimate of drug-likeness (QED) is 0.761. The van der Waals surface area contributed by atoms with Crippen LogP contribution in [0.4, 0.5) is 5.69 Å². The van der Waals surface area contributed by atoms with Crippen LogP contribution in [0, 0.1) is 0 Å². The van der Waals surface area contributed by atoms with E-state index in [0.717, 1.165) is 10.6 Å². The number of hydrogen-bond acceptors (Lipinski definition) is 2. The molecule has 0 spiro atoms. The van der Waals surface area contributed by atoms with E-state index in [1.165, 1.54) is 10.1 Å². The van der Waals surface area contributed by atoms with Crippen molar-refractivity contribution in [1.82, 2.24) is 0 Å². The van der Waals surface area contributed by atoms with E-state index in [2.05, 4.69) is 23.5 Å². The second-order valence-electron chi connectivity index (χ2n) is 4.34. The molecule has 1 heterocycles. The van der Waals surface area contributed by atoms with Crippen LogP contribution >= 0.6 is 11.3 Å². The standard InChI is InChI=1S/C16H13NOS/c18-16(17-13-7-2-1-3-8-13)11-14-10-12-6-4-5-9-15(12)19-14/h1-10H,11H2,(H,17,18). The molecule has 0 unspecified atom stereocenters. The molecule has 0 aliphatic carbocycles. The molecule has 2 nitrogen and oxygen atoms in total. The lowest BCUT2D eigenvalue weighted by Crippen LogP contribution is -2.13. The van der Waals surface area contributed by atoms with E-state index in [0.29, 0.717) is 6.42 Å². The molecule has 94 valence electrons. The Morgan fingerprint density at radius 3 is 2.53 bits per heavy atom. The van der Waals surface area contributed by atoms with Crippen LogP contribution < -0.4 is 5.32 Å². The molecule has 1 amide bonds. The molecule has 0 radical (unpaired) electrons. The molecule has 0 aliphatic rings. The number of rotatable bonds is 3. The van der Waals surface area contributed by atoms with E-state index >= 15 is 0 Å². The molecule has 3 rings (SSSR count). The van der Waals surface area contributed by atoms with Gasteiger partial charge in [0.1, 0.15) is 0 Å². The first-order valence-electron chi connectivity index (χ1n) is 6.13. The predicted octanol–water partition coefficient (Wildman–Crippen LogP) is 4.08. The fraction of sp³-hybridized carbons (Fsp3) is 0.0625. The van der Waals surface area contributed by atoms with E-state index in [9.17, 15) is 4.79 Å². The third-order valence-corrected chi connectivity index (χ3v) is 3.98. The Balaban J connectivity index is 1.72. The van der Waals surface area contributed by atoms with Gasteiger partial charge < -0.3 is 5.32 Å². The minimum Gasteiger partial charge on any atom is -0.326 e. The number of para-hydroxylation sites is 1. The van der Waals surface area contributed by atoms with Gasteiger partial charge in [0, 0.05) is 15.3 Å². The first kappa shape index (κ1) is 11.9. The van der Waals surface area contributed by atoms with Gasteiger partial charge in [0.15, 0.2) is 0 Å². The summed E-state index contributed by atoms with van der Waals surface area (Å²) < 4.78 is 1.23. The number of thiophene rings is 1. The zero-order valence-electron chi connectivity index (χ0n) is 10.3. The smallest absolute Gasteiger partial charge is 0.229 e. The maximum Gasteiger partial charge on any atom is 0.229 e. The summed E-state index contributed by atoms with van der Waals surface area (Å²) in [6.45, 7) is 0. The van der Waals surface area contributed by atoms with Gasteiger partial charge in [-0.2, -0.15) is 0 Å². The van der Waals surface area contributed by atoms with Crippen LogP contribution in [0.25, 0.3) is 10.1 Å². The van der Waals surface area contributed by atoms with E-state index < -0.39 is 0 Å². The third-order valence-electron chi connectivity index (χ3n) is 2.87. The summed E-state index contributed by atoms with van der Waals surface area (Å²) in [5.41, 5.74) is 0.841. The number of benzene rings is 2. The first-order valence-corrected chi connectivity index (χ1v) is 6.95. The maximum absolute atomic E-state index is 12.0. The number of amides is 1. The van der Waals surface area contributed by atoms with Crippen LogP contribution in [0.1, 0.15) is 4.88 Å². The SMILES string of the molecule is O=C(Cc1cc2ccccc2s1)Nc1ccccc1. The van der Waals surface area contributed by atoms with Crippen molar-refractivity contribution in [3.63, 3.8) is 0 Å². The van der Waals surface area contributed by atoms with Crippen molar-refractivity contribution in [1.29, 1.82) is 0 Å². The molecule has 19 heavy (non-hydrogen) atoms. The van der Waals surface area contributed by atoms with Gasteiger partial charge in [-0.1, -0.05) is 36.4 Å². The van der Waals surface area contributed by atoms with Crippen LogP contribution in [0.2, 0.25) is 0 Å². The zero-order valence-corrected chi connectivity index (χ0v) is 11.1. The summed E-state index contributed by atoms with van der Waals surface area (Å²) in [5, 5.41) is 4.11. The minimum absolute atomic E-state index is 0.0257. The molecule has 3 aromatic rings. The van der Waals surface area contributed by atoms with Gasteiger partial charge in [0.25, 0.3) is 0 Å². The highest BCUT2D eigenvalue weighted by Gasteiger charge is 2.07. The average Bonchev–Trinajstić information content (AvgIpc) is 2.81. The number of carbonyl (C=O) groups excluding carboxylic acids is 1. The molecule has 0 fully saturated rings. The Kier molecular flexibility index (Phi) is 3.29. The molecular formula is C16H13NOS. The molecule has 0 aliphatic heterocycles. The monoisotopic (exact) mass is 267 g/mol. The molecule has 2 aromatic carbocycles. The molecule has 1 N–H and O–H groups in total. The molecule has 0 saturated heterocycles. The van der Waals surface area contributed by atoms with Gasteiger partial charge in [-0.25, -0.2) is 0 Å². The van der Waals surface area contributed by atoms with Crippen LogP contribution in [-0.4, -0.2) is 5.91 Å². The largest absolute Gasteiger partial charge is 0.326 e. The predicted molar refractivity (Wildman–Crippen MR) is 80.6 cm³/mol. The van der Waals surface area contributed by atoms with Crippen molar-refractivity contribution < 1.29 is 4.79 Å². The maximum atomic E-state index is 12.0. The lowest BCUT2D eigenvalue weighted by Gasteiger charge is -2.03. The van der Waals surface area contributed by atoms with Gasteiger partial charge in [0.05, 0.1) is 6.42 Å². The molecule has 0 atom stereocenters. The molecule has 0 bridgehead atoms. The second kappa shape index (κ2) is 5.24. The van der Waals surface area contributed by atoms with E-state index in [1.54, 1.807) is 11.3 Å². The van der Waals surface area contributed by atoms with Gasteiger partial charge in [-0.05, 0) is 29.7 Å². The fourth-order valence-electron chi connectivity index (χ4n) is 2.01. The number of carbonyl (C=O) groups is 1. The summed E-state index contributed by atoms with van der Waals surface area (Å²) in [5.74, 6) is 0.0257. The summed E-state index contributed by atoms with van der Waals surface area (Å²) in [6.07, 6.45) is 0.425. The van der Waals surface area contributed by atoms with Crippen LogP contribution in [0.3, 0.4) is 0 Å². The Hall–Kier alpha value is -2.13. The van der Waals surface area contributed by atoms with E-state index in [-0.39, 0.29) is 5.91 Å². The Morgan fingerprint density at radius 1 is 1.00 bits per heavy atom. The Labute approximate surface area is 115 Å². The van der Waals surface area contributed by atoms with E-state index in [1.807, 2.05) is 42.5 Å². The summed E-state index contributed by atoms with van der Waals surface area (Å²) in [7, 11) is 0. The van der Waals surface area contributed by atoms with Crippen molar-refractivity contribution in [3.8, 4) is 0 Å². The highest BCUT2D eigenvalue weighted by Crippen LogP contribution is 2.25. The van der Waals surface area contributed by atoms with Crippen molar-refractivity contribution in [2.24, 2.45) is 0 Å². The van der Waals surface area contributed by atoms with Gasteiger partial charge >= 0.3 is 0 Å². The van der Waals surface area contributed by atoms with Gasteiger partial charge in [-0.15, -0.1) is 11.3 Å². The second-order valence-corrected chi connectivity index (χ2v) is 5.51. The molecular weight excluding hydrogens is 254 g/mol. The fourth-order valence-corrected chi connectivity index (χ4v) is 3.07. The van der Waals surface area contributed by atoms with E-state index in [4.69, 9.17) is 0 Å². The highest BCUT2D eigenvalue weighted by molar-refractivity contribution is 7.19. The van der Waals surface area contributed by atoms with Crippen molar-refractivity contribution in [3.05, 3.63) is 65.5 Å². The lowest BCUT2D eigenvalue weighted by atomic mass is 10.2. The third kappa shape index (κ3) is 2.83. The van der Waals surface area contributed by atoms with Crippen molar-refractivity contribution >= 4 is 33.0 Å². The Bertz CT molecular complexity index is 670. The number of hydrogen-bond donors (Lipinski definition) is 1.